The minimum Gasteiger partial charge on any atom is -0.316 e. The molecule has 0 saturated carbocycles. The van der Waals surface area contributed by atoms with E-state index in [-0.39, 0.29) is 6.04 Å². The van der Waals surface area contributed by atoms with Crippen LogP contribution in [-0.4, -0.2) is 27.5 Å². The van der Waals surface area contributed by atoms with Gasteiger partial charge in [-0.2, -0.15) is 0 Å². The zero-order valence-electron chi connectivity index (χ0n) is 12.4. The van der Waals surface area contributed by atoms with Crippen molar-refractivity contribution in [3.8, 4) is 0 Å². The summed E-state index contributed by atoms with van der Waals surface area (Å²) in [5, 5.41) is 3.32. The molecule has 2 rings (SSSR count). The van der Waals surface area contributed by atoms with Gasteiger partial charge in [-0.25, -0.2) is 13.1 Å². The summed E-state index contributed by atoms with van der Waals surface area (Å²) >= 11 is 0. The molecule has 0 aromatic heterocycles. The fraction of sp³-hybridized carbons (Fsp3) is 0.600. The fourth-order valence-corrected chi connectivity index (χ4v) is 3.99. The topological polar surface area (TPSA) is 58.2 Å². The van der Waals surface area contributed by atoms with Gasteiger partial charge in [-0.05, 0) is 75.9 Å². The van der Waals surface area contributed by atoms with Gasteiger partial charge in [0.15, 0.2) is 0 Å². The third-order valence-electron chi connectivity index (χ3n) is 4.17. The Bertz CT molecular complexity index is 563. The van der Waals surface area contributed by atoms with Crippen molar-refractivity contribution in [3.05, 3.63) is 29.3 Å². The van der Waals surface area contributed by atoms with E-state index in [1.165, 1.54) is 0 Å². The molecule has 1 aliphatic heterocycles. The predicted molar refractivity (Wildman–Crippen MR) is 81.3 cm³/mol. The van der Waals surface area contributed by atoms with Crippen LogP contribution in [0.2, 0.25) is 0 Å². The first-order valence-corrected chi connectivity index (χ1v) is 8.69. The molecule has 5 heteroatoms. The second-order valence-electron chi connectivity index (χ2n) is 5.76. The molecule has 0 amide bonds. The highest BCUT2D eigenvalue weighted by Crippen LogP contribution is 2.18. The molecule has 2 unspecified atom stereocenters. The molecule has 0 aliphatic carbocycles. The Morgan fingerprint density at radius 2 is 2.05 bits per heavy atom. The van der Waals surface area contributed by atoms with Gasteiger partial charge in [0.2, 0.25) is 10.0 Å². The number of hydrogen-bond acceptors (Lipinski definition) is 3. The number of nitrogens with one attached hydrogen (secondary N) is 2. The van der Waals surface area contributed by atoms with E-state index in [9.17, 15) is 8.42 Å². The minimum absolute atomic E-state index is 0.0468. The van der Waals surface area contributed by atoms with Gasteiger partial charge in [0.25, 0.3) is 0 Å². The number of hydrogen-bond donors (Lipinski definition) is 2. The average molecular weight is 296 g/mol. The highest BCUT2D eigenvalue weighted by atomic mass is 32.2. The summed E-state index contributed by atoms with van der Waals surface area (Å²) in [4.78, 5) is 0.358. The fourth-order valence-electron chi connectivity index (χ4n) is 2.60. The standard InChI is InChI=1S/C15H24N2O2S/c1-11-6-7-15(9-12(11)2)20(18,19)17-13(3)14-5-4-8-16-10-14/h6-7,9,13-14,16-17H,4-5,8,10H2,1-3H3. The molecular formula is C15H24N2O2S. The van der Waals surface area contributed by atoms with Crippen LogP contribution in [0, 0.1) is 19.8 Å². The summed E-state index contributed by atoms with van der Waals surface area (Å²) in [7, 11) is -3.43. The van der Waals surface area contributed by atoms with Crippen LogP contribution in [0.15, 0.2) is 23.1 Å². The third-order valence-corrected chi connectivity index (χ3v) is 5.73. The molecule has 2 atom stereocenters. The normalized spacial score (nSPS) is 21.6. The van der Waals surface area contributed by atoms with Crippen LogP contribution in [0.3, 0.4) is 0 Å². The molecule has 4 nitrogen and oxygen atoms in total. The minimum atomic E-state index is -3.43. The van der Waals surface area contributed by atoms with Gasteiger partial charge in [0.05, 0.1) is 4.90 Å². The first kappa shape index (κ1) is 15.5. The van der Waals surface area contributed by atoms with E-state index in [0.717, 1.165) is 37.1 Å². The van der Waals surface area contributed by atoms with E-state index in [0.29, 0.717) is 10.8 Å². The van der Waals surface area contributed by atoms with E-state index in [1.54, 1.807) is 12.1 Å². The molecule has 1 saturated heterocycles. The van der Waals surface area contributed by atoms with Gasteiger partial charge >= 0.3 is 0 Å². The van der Waals surface area contributed by atoms with E-state index >= 15 is 0 Å². The largest absolute Gasteiger partial charge is 0.316 e. The maximum atomic E-state index is 12.4. The molecule has 1 aromatic carbocycles. The molecular weight excluding hydrogens is 272 g/mol. The Hall–Kier alpha value is -0.910. The third kappa shape index (κ3) is 3.59. The van der Waals surface area contributed by atoms with Gasteiger partial charge in [-0.1, -0.05) is 6.07 Å². The summed E-state index contributed by atoms with van der Waals surface area (Å²) in [6, 6.07) is 5.23. The van der Waals surface area contributed by atoms with Crippen LogP contribution < -0.4 is 10.0 Å². The predicted octanol–water partition coefficient (Wildman–Crippen LogP) is 1.97. The molecule has 1 fully saturated rings. The van der Waals surface area contributed by atoms with Gasteiger partial charge in [0.1, 0.15) is 0 Å². The number of benzene rings is 1. The second kappa shape index (κ2) is 6.24. The first-order chi connectivity index (χ1) is 9.40. The van der Waals surface area contributed by atoms with Crippen molar-refractivity contribution in [1.82, 2.24) is 10.0 Å². The Balaban J connectivity index is 2.11. The number of piperidine rings is 1. The van der Waals surface area contributed by atoms with Crippen LogP contribution in [-0.2, 0) is 10.0 Å². The van der Waals surface area contributed by atoms with Crippen LogP contribution in [0.1, 0.15) is 30.9 Å². The number of aryl methyl sites for hydroxylation is 2. The van der Waals surface area contributed by atoms with Crippen molar-refractivity contribution in [2.75, 3.05) is 13.1 Å². The lowest BCUT2D eigenvalue weighted by molar-refractivity contribution is 0.320. The average Bonchev–Trinajstić information content (AvgIpc) is 2.42. The lowest BCUT2D eigenvalue weighted by Gasteiger charge is -2.28. The summed E-state index contributed by atoms with van der Waals surface area (Å²) in [5.41, 5.74) is 2.10. The maximum absolute atomic E-state index is 12.4. The maximum Gasteiger partial charge on any atom is 0.240 e. The van der Waals surface area contributed by atoms with Crippen LogP contribution >= 0.6 is 0 Å². The van der Waals surface area contributed by atoms with Gasteiger partial charge in [0, 0.05) is 6.04 Å². The van der Waals surface area contributed by atoms with Crippen LogP contribution in [0.25, 0.3) is 0 Å². The highest BCUT2D eigenvalue weighted by molar-refractivity contribution is 7.89. The number of rotatable bonds is 4. The molecule has 1 heterocycles. The van der Waals surface area contributed by atoms with Crippen molar-refractivity contribution in [1.29, 1.82) is 0 Å². The Labute approximate surface area is 122 Å². The smallest absolute Gasteiger partial charge is 0.240 e. The molecule has 20 heavy (non-hydrogen) atoms. The molecule has 0 bridgehead atoms. The summed E-state index contributed by atoms with van der Waals surface area (Å²) in [6.07, 6.45) is 2.18. The molecule has 1 aromatic rings. The molecule has 0 radical (unpaired) electrons. The van der Waals surface area contributed by atoms with Crippen molar-refractivity contribution >= 4 is 10.0 Å². The quantitative estimate of drug-likeness (QED) is 0.893. The lowest BCUT2D eigenvalue weighted by atomic mass is 9.94. The highest BCUT2D eigenvalue weighted by Gasteiger charge is 2.25. The van der Waals surface area contributed by atoms with Crippen molar-refractivity contribution in [2.45, 2.75) is 44.6 Å². The number of sulfonamides is 1. The Morgan fingerprint density at radius 3 is 2.65 bits per heavy atom. The summed E-state index contributed by atoms with van der Waals surface area (Å²) < 4.78 is 27.7. The first-order valence-electron chi connectivity index (χ1n) is 7.20. The zero-order chi connectivity index (χ0) is 14.8. The van der Waals surface area contributed by atoms with Crippen molar-refractivity contribution < 1.29 is 8.42 Å². The van der Waals surface area contributed by atoms with E-state index in [1.807, 2.05) is 26.8 Å². The van der Waals surface area contributed by atoms with Gasteiger partial charge < -0.3 is 5.32 Å². The van der Waals surface area contributed by atoms with E-state index in [4.69, 9.17) is 0 Å². The molecule has 1 aliphatic rings. The van der Waals surface area contributed by atoms with Crippen LogP contribution in [0.5, 0.6) is 0 Å². The Morgan fingerprint density at radius 1 is 1.30 bits per heavy atom. The lowest BCUT2D eigenvalue weighted by Crippen LogP contribution is -2.44. The molecule has 2 N–H and O–H groups in total. The summed E-state index contributed by atoms with van der Waals surface area (Å²) in [6.45, 7) is 7.79. The van der Waals surface area contributed by atoms with E-state index < -0.39 is 10.0 Å². The SMILES string of the molecule is Cc1ccc(S(=O)(=O)NC(C)C2CCCNC2)cc1C. The Kier molecular flexibility index (Phi) is 4.83. The molecule has 112 valence electrons. The second-order valence-corrected chi connectivity index (χ2v) is 7.48. The van der Waals surface area contributed by atoms with Crippen LogP contribution in [0.4, 0.5) is 0 Å². The van der Waals surface area contributed by atoms with Gasteiger partial charge in [-0.15, -0.1) is 0 Å². The monoisotopic (exact) mass is 296 g/mol. The van der Waals surface area contributed by atoms with Crippen molar-refractivity contribution in [2.24, 2.45) is 5.92 Å². The summed E-state index contributed by atoms with van der Waals surface area (Å²) in [5.74, 6) is 0.366. The van der Waals surface area contributed by atoms with Crippen molar-refractivity contribution in [3.63, 3.8) is 0 Å². The van der Waals surface area contributed by atoms with E-state index in [2.05, 4.69) is 10.0 Å². The zero-order valence-corrected chi connectivity index (χ0v) is 13.3. The van der Waals surface area contributed by atoms with Gasteiger partial charge in [-0.3, -0.25) is 0 Å². The molecule has 0 spiro atoms.